The number of aryl methyl sites for hydroxylation is 1. The van der Waals surface area contributed by atoms with E-state index in [1.165, 1.54) is 5.56 Å². The predicted molar refractivity (Wildman–Crippen MR) is 105 cm³/mol. The molecule has 2 aromatic carbocycles. The van der Waals surface area contributed by atoms with Crippen LogP contribution < -0.4 is 10.5 Å². The number of nitriles is 1. The van der Waals surface area contributed by atoms with Crippen LogP contribution in [0.1, 0.15) is 24.5 Å². The van der Waals surface area contributed by atoms with Gasteiger partial charge >= 0.3 is 0 Å². The van der Waals surface area contributed by atoms with Gasteiger partial charge in [0.25, 0.3) is 0 Å². The highest BCUT2D eigenvalue weighted by Crippen LogP contribution is 2.32. The summed E-state index contributed by atoms with van der Waals surface area (Å²) in [6, 6.07) is 19.9. The zero-order valence-electron chi connectivity index (χ0n) is 15.0. The Labute approximate surface area is 153 Å². The van der Waals surface area contributed by atoms with Crippen LogP contribution in [0.3, 0.4) is 0 Å². The number of benzene rings is 2. The summed E-state index contributed by atoms with van der Waals surface area (Å²) in [6.45, 7) is 4.79. The summed E-state index contributed by atoms with van der Waals surface area (Å²) in [5.74, 6) is 1.06. The Morgan fingerprint density at radius 2 is 1.69 bits per heavy atom. The fourth-order valence-electron chi connectivity index (χ4n) is 2.73. The van der Waals surface area contributed by atoms with E-state index in [4.69, 9.17) is 10.5 Å². The lowest BCUT2D eigenvalue weighted by atomic mass is 9.98. The standard InChI is InChI=1S/C22H21N3O/c1-3-12-26-18-10-8-16(9-11-18)19-13-21(25-22(24)20(19)14-23)17-6-4-15(2)5-7-17/h4-11,13H,3,12H2,1-2H3,(H2,24,25). The van der Waals surface area contributed by atoms with Gasteiger partial charge in [0.2, 0.25) is 0 Å². The van der Waals surface area contributed by atoms with Gasteiger partial charge in [-0.2, -0.15) is 5.26 Å². The summed E-state index contributed by atoms with van der Waals surface area (Å²) >= 11 is 0. The van der Waals surface area contributed by atoms with Crippen LogP contribution in [0, 0.1) is 18.3 Å². The Hall–Kier alpha value is -3.32. The van der Waals surface area contributed by atoms with Gasteiger partial charge in [0, 0.05) is 11.1 Å². The summed E-state index contributed by atoms with van der Waals surface area (Å²) in [6.07, 6.45) is 0.959. The summed E-state index contributed by atoms with van der Waals surface area (Å²) in [5.41, 5.74) is 11.1. The second kappa shape index (κ2) is 7.71. The SMILES string of the molecule is CCCOc1ccc(-c2cc(-c3ccc(C)cc3)nc(N)c2C#N)cc1. The topological polar surface area (TPSA) is 71.9 Å². The molecule has 1 heterocycles. The van der Waals surface area contributed by atoms with Crippen LogP contribution in [0.15, 0.2) is 54.6 Å². The first-order valence-electron chi connectivity index (χ1n) is 8.63. The molecule has 0 fully saturated rings. The number of nitrogens with two attached hydrogens (primary N) is 1. The maximum absolute atomic E-state index is 9.53. The molecular weight excluding hydrogens is 322 g/mol. The molecule has 2 N–H and O–H groups in total. The minimum atomic E-state index is 0.242. The van der Waals surface area contributed by atoms with Gasteiger partial charge in [0.1, 0.15) is 23.2 Å². The number of hydrogen-bond donors (Lipinski definition) is 1. The Morgan fingerprint density at radius 1 is 1.04 bits per heavy atom. The van der Waals surface area contributed by atoms with Gasteiger partial charge in [-0.25, -0.2) is 4.98 Å². The third-order valence-corrected chi connectivity index (χ3v) is 4.14. The van der Waals surface area contributed by atoms with Crippen LogP contribution in [0.25, 0.3) is 22.4 Å². The van der Waals surface area contributed by atoms with Crippen molar-refractivity contribution in [1.82, 2.24) is 4.98 Å². The summed E-state index contributed by atoms with van der Waals surface area (Å²) in [5, 5.41) is 9.53. The average Bonchev–Trinajstić information content (AvgIpc) is 2.66. The van der Waals surface area contributed by atoms with E-state index in [0.717, 1.165) is 34.6 Å². The Kier molecular flexibility index (Phi) is 5.19. The lowest BCUT2D eigenvalue weighted by Gasteiger charge is -2.11. The second-order valence-electron chi connectivity index (χ2n) is 6.17. The molecule has 0 bridgehead atoms. The van der Waals surface area contributed by atoms with Crippen LogP contribution in [-0.4, -0.2) is 11.6 Å². The minimum Gasteiger partial charge on any atom is -0.494 e. The van der Waals surface area contributed by atoms with Crippen LogP contribution in [0.2, 0.25) is 0 Å². The average molecular weight is 343 g/mol. The summed E-state index contributed by atoms with van der Waals surface area (Å²) in [4.78, 5) is 4.42. The largest absolute Gasteiger partial charge is 0.494 e. The molecule has 0 radical (unpaired) electrons. The molecular formula is C22H21N3O. The lowest BCUT2D eigenvalue weighted by molar-refractivity contribution is 0.317. The van der Waals surface area contributed by atoms with Crippen LogP contribution >= 0.6 is 0 Å². The maximum atomic E-state index is 9.53. The van der Waals surface area contributed by atoms with Crippen molar-refractivity contribution in [1.29, 1.82) is 5.26 Å². The number of nitrogen functional groups attached to an aromatic ring is 1. The molecule has 4 nitrogen and oxygen atoms in total. The highest BCUT2D eigenvalue weighted by Gasteiger charge is 2.13. The number of ether oxygens (including phenoxy) is 1. The van der Waals surface area contributed by atoms with Crippen molar-refractivity contribution in [2.75, 3.05) is 12.3 Å². The van der Waals surface area contributed by atoms with E-state index < -0.39 is 0 Å². The van der Waals surface area contributed by atoms with Gasteiger partial charge in [-0.15, -0.1) is 0 Å². The predicted octanol–water partition coefficient (Wildman–Crippen LogP) is 4.97. The number of hydrogen-bond acceptors (Lipinski definition) is 4. The van der Waals surface area contributed by atoms with E-state index in [9.17, 15) is 5.26 Å². The van der Waals surface area contributed by atoms with E-state index in [1.54, 1.807) is 0 Å². The molecule has 0 aliphatic rings. The Bertz CT molecular complexity index is 939. The molecule has 0 saturated carbocycles. The fourth-order valence-corrected chi connectivity index (χ4v) is 2.73. The van der Waals surface area contributed by atoms with Crippen molar-refractivity contribution in [3.8, 4) is 34.2 Å². The zero-order valence-corrected chi connectivity index (χ0v) is 15.0. The lowest BCUT2D eigenvalue weighted by Crippen LogP contribution is -2.00. The quantitative estimate of drug-likeness (QED) is 0.710. The number of rotatable bonds is 5. The van der Waals surface area contributed by atoms with Gasteiger partial charge in [-0.05, 0) is 37.1 Å². The van der Waals surface area contributed by atoms with Crippen molar-refractivity contribution in [3.05, 3.63) is 65.7 Å². The molecule has 1 aromatic heterocycles. The summed E-state index contributed by atoms with van der Waals surface area (Å²) < 4.78 is 5.63. The Balaban J connectivity index is 2.05. The number of aromatic nitrogens is 1. The molecule has 3 rings (SSSR count). The molecule has 4 heteroatoms. The first-order chi connectivity index (χ1) is 12.6. The van der Waals surface area contributed by atoms with Gasteiger partial charge in [0.05, 0.1) is 12.3 Å². The molecule has 0 unspecified atom stereocenters. The molecule has 130 valence electrons. The van der Waals surface area contributed by atoms with Crippen molar-refractivity contribution in [3.63, 3.8) is 0 Å². The summed E-state index contributed by atoms with van der Waals surface area (Å²) in [7, 11) is 0. The smallest absolute Gasteiger partial charge is 0.142 e. The van der Waals surface area contributed by atoms with E-state index in [-0.39, 0.29) is 5.82 Å². The van der Waals surface area contributed by atoms with E-state index in [1.807, 2.05) is 61.5 Å². The molecule has 0 amide bonds. The van der Waals surface area contributed by atoms with Crippen LogP contribution in [-0.2, 0) is 0 Å². The maximum Gasteiger partial charge on any atom is 0.142 e. The van der Waals surface area contributed by atoms with Gasteiger partial charge in [-0.1, -0.05) is 48.9 Å². The molecule has 3 aromatic rings. The fraction of sp³-hybridized carbons (Fsp3) is 0.182. The van der Waals surface area contributed by atoms with E-state index in [0.29, 0.717) is 12.2 Å². The van der Waals surface area contributed by atoms with Crippen molar-refractivity contribution in [2.45, 2.75) is 20.3 Å². The van der Waals surface area contributed by atoms with Crippen molar-refractivity contribution >= 4 is 5.82 Å². The highest BCUT2D eigenvalue weighted by molar-refractivity contribution is 5.80. The van der Waals surface area contributed by atoms with Gasteiger partial charge in [0.15, 0.2) is 0 Å². The molecule has 26 heavy (non-hydrogen) atoms. The highest BCUT2D eigenvalue weighted by atomic mass is 16.5. The molecule has 0 saturated heterocycles. The van der Waals surface area contributed by atoms with Gasteiger partial charge < -0.3 is 10.5 Å². The number of nitrogens with zero attached hydrogens (tertiary/aromatic N) is 2. The van der Waals surface area contributed by atoms with Crippen molar-refractivity contribution in [2.24, 2.45) is 0 Å². The molecule has 0 atom stereocenters. The van der Waals surface area contributed by atoms with E-state index in [2.05, 4.69) is 18.0 Å². The monoisotopic (exact) mass is 343 g/mol. The Morgan fingerprint density at radius 3 is 2.31 bits per heavy atom. The van der Waals surface area contributed by atoms with Crippen LogP contribution in [0.4, 0.5) is 5.82 Å². The van der Waals surface area contributed by atoms with Crippen molar-refractivity contribution < 1.29 is 4.74 Å². The molecule has 0 spiro atoms. The number of pyridine rings is 1. The first-order valence-corrected chi connectivity index (χ1v) is 8.63. The van der Waals surface area contributed by atoms with E-state index >= 15 is 0 Å². The van der Waals surface area contributed by atoms with Gasteiger partial charge in [-0.3, -0.25) is 0 Å². The third kappa shape index (κ3) is 3.68. The van der Waals surface area contributed by atoms with Crippen LogP contribution in [0.5, 0.6) is 5.75 Å². The molecule has 0 aliphatic carbocycles. The third-order valence-electron chi connectivity index (χ3n) is 4.14. The zero-order chi connectivity index (χ0) is 18.5. The second-order valence-corrected chi connectivity index (χ2v) is 6.17. The number of anilines is 1. The minimum absolute atomic E-state index is 0.242. The normalized spacial score (nSPS) is 10.3. The molecule has 0 aliphatic heterocycles. The first kappa shape index (κ1) is 17.5.